The van der Waals surface area contributed by atoms with E-state index in [-0.39, 0.29) is 46.5 Å². The molecule has 216 valence electrons. The minimum absolute atomic E-state index is 0.00415. The van der Waals surface area contributed by atoms with Crippen LogP contribution in [0.4, 0.5) is 0 Å². The van der Waals surface area contributed by atoms with Gasteiger partial charge in [0.15, 0.2) is 9.84 Å². The fourth-order valence-electron chi connectivity index (χ4n) is 4.07. The number of sulfonamides is 2. The molecular weight excluding hydrogens is 571 g/mol. The summed E-state index contributed by atoms with van der Waals surface area (Å²) in [5.74, 6) is -0.294. The zero-order chi connectivity index (χ0) is 29.7. The minimum atomic E-state index is -4.15. The van der Waals surface area contributed by atoms with E-state index in [1.165, 1.54) is 43.2 Å². The third-order valence-corrected chi connectivity index (χ3v) is 12.2. The summed E-state index contributed by atoms with van der Waals surface area (Å²) in [6, 6.07) is 18.8. The first-order chi connectivity index (χ1) is 18.6. The number of nitrogens with zero attached hydrogens (tertiary/aromatic N) is 2. The Balaban J connectivity index is 1.86. The lowest BCUT2D eigenvalue weighted by Gasteiger charge is -2.28. The SMILES string of the molecule is CB(O)N(CCN(CCCS(=O)(=O)c1ccc(C)cc1)S(=O)(=O)c1ccc(C)cc1)S(=O)(=O)c1ccc(C)cc1. The molecule has 0 aliphatic heterocycles. The monoisotopic (exact) mass is 606 g/mol. The highest BCUT2D eigenvalue weighted by Gasteiger charge is 2.33. The van der Waals surface area contributed by atoms with E-state index in [1.54, 1.807) is 36.4 Å². The van der Waals surface area contributed by atoms with E-state index in [0.29, 0.717) is 0 Å². The molecule has 0 spiro atoms. The van der Waals surface area contributed by atoms with Crippen molar-refractivity contribution in [2.45, 2.75) is 48.7 Å². The lowest BCUT2D eigenvalue weighted by atomic mass is 9.89. The van der Waals surface area contributed by atoms with Crippen LogP contribution in [0.1, 0.15) is 23.1 Å². The molecule has 0 bridgehead atoms. The van der Waals surface area contributed by atoms with Gasteiger partial charge in [-0.3, -0.25) is 0 Å². The van der Waals surface area contributed by atoms with Crippen LogP contribution in [-0.4, -0.2) is 71.2 Å². The second-order valence-electron chi connectivity index (χ2n) is 9.76. The van der Waals surface area contributed by atoms with Crippen molar-refractivity contribution in [1.29, 1.82) is 0 Å². The van der Waals surface area contributed by atoms with Gasteiger partial charge >= 0.3 is 7.05 Å². The van der Waals surface area contributed by atoms with Crippen LogP contribution in [0.2, 0.25) is 6.82 Å². The molecular formula is C27H35BN2O7S3. The fraction of sp³-hybridized carbons (Fsp3) is 0.333. The highest BCUT2D eigenvalue weighted by Crippen LogP contribution is 2.21. The van der Waals surface area contributed by atoms with Crippen molar-refractivity contribution in [2.75, 3.05) is 25.4 Å². The molecule has 3 rings (SSSR count). The smallest absolute Gasteiger partial charge is 0.390 e. The van der Waals surface area contributed by atoms with Gasteiger partial charge in [0.2, 0.25) is 20.0 Å². The Morgan fingerprint density at radius 1 is 0.600 bits per heavy atom. The summed E-state index contributed by atoms with van der Waals surface area (Å²) in [4.78, 5) is 0.121. The Bertz CT molecular complexity index is 1610. The van der Waals surface area contributed by atoms with Crippen LogP contribution in [0.15, 0.2) is 87.5 Å². The standard InChI is InChI=1S/C27H35BN2O7S3/c1-22-6-12-25(13-7-22)38(32,33)21-5-18-29(39(34,35)26-14-8-23(2)9-15-26)19-20-30(28(4)31)40(36,37)27-16-10-24(3)11-17-27/h6-17,31H,5,18-21H2,1-4H3. The van der Waals surface area contributed by atoms with E-state index in [4.69, 9.17) is 0 Å². The average molecular weight is 607 g/mol. The highest BCUT2D eigenvalue weighted by molar-refractivity contribution is 7.91. The van der Waals surface area contributed by atoms with E-state index in [1.807, 2.05) is 20.8 Å². The second-order valence-corrected chi connectivity index (χ2v) is 15.7. The van der Waals surface area contributed by atoms with Crippen molar-refractivity contribution >= 4 is 36.9 Å². The van der Waals surface area contributed by atoms with Crippen molar-refractivity contribution in [3.63, 3.8) is 0 Å². The van der Waals surface area contributed by atoms with Crippen LogP contribution < -0.4 is 0 Å². The van der Waals surface area contributed by atoms with Gasteiger partial charge in [0, 0.05) is 19.6 Å². The second kappa shape index (κ2) is 13.0. The van der Waals surface area contributed by atoms with E-state index in [2.05, 4.69) is 0 Å². The van der Waals surface area contributed by atoms with Crippen LogP contribution >= 0.6 is 0 Å². The van der Waals surface area contributed by atoms with Gasteiger partial charge in [0.05, 0.1) is 20.4 Å². The van der Waals surface area contributed by atoms with Crippen molar-refractivity contribution in [3.8, 4) is 0 Å². The molecule has 0 amide bonds. The molecule has 3 aromatic carbocycles. The van der Waals surface area contributed by atoms with Crippen LogP contribution in [0, 0.1) is 20.8 Å². The van der Waals surface area contributed by atoms with E-state index in [0.717, 1.165) is 25.2 Å². The Hall–Kier alpha value is -2.55. The summed E-state index contributed by atoms with van der Waals surface area (Å²) in [6.45, 7) is 5.97. The lowest BCUT2D eigenvalue weighted by Crippen LogP contribution is -2.47. The van der Waals surface area contributed by atoms with Crippen LogP contribution in [-0.2, 0) is 29.9 Å². The molecule has 0 aliphatic carbocycles. The summed E-state index contributed by atoms with van der Waals surface area (Å²) < 4.78 is 81.4. The van der Waals surface area contributed by atoms with E-state index >= 15 is 0 Å². The Morgan fingerprint density at radius 2 is 1.00 bits per heavy atom. The highest BCUT2D eigenvalue weighted by atomic mass is 32.2. The maximum Gasteiger partial charge on any atom is 0.390 e. The molecule has 0 aromatic heterocycles. The maximum atomic E-state index is 13.6. The minimum Gasteiger partial charge on any atom is -0.437 e. The van der Waals surface area contributed by atoms with Crippen molar-refractivity contribution in [3.05, 3.63) is 89.5 Å². The molecule has 0 aliphatic rings. The lowest BCUT2D eigenvalue weighted by molar-refractivity contribution is 0.375. The molecule has 3 aromatic rings. The third-order valence-electron chi connectivity index (χ3n) is 6.47. The van der Waals surface area contributed by atoms with Gasteiger partial charge < -0.3 is 5.02 Å². The number of benzene rings is 3. The van der Waals surface area contributed by atoms with E-state index < -0.39 is 36.9 Å². The molecule has 0 saturated carbocycles. The molecule has 13 heteroatoms. The normalized spacial score (nSPS) is 12.7. The Morgan fingerprint density at radius 3 is 1.43 bits per heavy atom. The Kier molecular flexibility index (Phi) is 10.4. The van der Waals surface area contributed by atoms with Gasteiger partial charge in [-0.1, -0.05) is 53.1 Å². The summed E-state index contributed by atoms with van der Waals surface area (Å²) in [5.41, 5.74) is 2.63. The number of hydrogen-bond donors (Lipinski definition) is 1. The summed E-state index contributed by atoms with van der Waals surface area (Å²) in [6.07, 6.45) is -0.0132. The van der Waals surface area contributed by atoms with Crippen LogP contribution in [0.25, 0.3) is 0 Å². The molecule has 40 heavy (non-hydrogen) atoms. The molecule has 9 nitrogen and oxygen atoms in total. The number of sulfone groups is 1. The first-order valence-corrected chi connectivity index (χ1v) is 17.3. The molecule has 1 N–H and O–H groups in total. The first kappa shape index (κ1) is 32.0. The number of hydrogen-bond acceptors (Lipinski definition) is 7. The molecule has 0 fully saturated rings. The molecule has 0 radical (unpaired) electrons. The Labute approximate surface area is 238 Å². The predicted octanol–water partition coefficient (Wildman–Crippen LogP) is 3.27. The fourth-order valence-corrected chi connectivity index (χ4v) is 8.31. The molecule has 0 heterocycles. The predicted molar refractivity (Wildman–Crippen MR) is 157 cm³/mol. The third kappa shape index (κ3) is 7.80. The molecule has 0 atom stereocenters. The van der Waals surface area contributed by atoms with Crippen LogP contribution in [0.3, 0.4) is 0 Å². The summed E-state index contributed by atoms with van der Waals surface area (Å²) in [5, 5.41) is 10.4. The van der Waals surface area contributed by atoms with Gasteiger partial charge in [0.1, 0.15) is 0 Å². The average Bonchev–Trinajstić information content (AvgIpc) is 2.88. The van der Waals surface area contributed by atoms with Crippen molar-refractivity contribution in [1.82, 2.24) is 8.52 Å². The first-order valence-electron chi connectivity index (χ1n) is 12.8. The van der Waals surface area contributed by atoms with Gasteiger partial charge in [-0.05, 0) is 70.4 Å². The van der Waals surface area contributed by atoms with Gasteiger partial charge in [0.25, 0.3) is 0 Å². The van der Waals surface area contributed by atoms with Crippen molar-refractivity contribution in [2.24, 2.45) is 0 Å². The van der Waals surface area contributed by atoms with Crippen LogP contribution in [0.5, 0.6) is 0 Å². The van der Waals surface area contributed by atoms with E-state index in [9.17, 15) is 30.3 Å². The quantitative estimate of drug-likeness (QED) is 0.296. The molecule has 0 unspecified atom stereocenters. The number of rotatable bonds is 13. The summed E-state index contributed by atoms with van der Waals surface area (Å²) in [7, 11) is -13.4. The largest absolute Gasteiger partial charge is 0.437 e. The topological polar surface area (TPSA) is 129 Å². The molecule has 0 saturated heterocycles. The summed E-state index contributed by atoms with van der Waals surface area (Å²) >= 11 is 0. The van der Waals surface area contributed by atoms with Crippen molar-refractivity contribution < 1.29 is 30.3 Å². The zero-order valence-corrected chi connectivity index (χ0v) is 25.5. The van der Waals surface area contributed by atoms with Gasteiger partial charge in [-0.2, -0.15) is 4.31 Å². The zero-order valence-electron chi connectivity index (χ0n) is 23.1. The maximum absolute atomic E-state index is 13.6. The van der Waals surface area contributed by atoms with Gasteiger partial charge in [-0.25, -0.2) is 29.5 Å². The number of aryl methyl sites for hydroxylation is 3. The van der Waals surface area contributed by atoms with Gasteiger partial charge in [-0.15, -0.1) is 0 Å².